The predicted octanol–water partition coefficient (Wildman–Crippen LogP) is 2.41. The van der Waals surface area contributed by atoms with Gasteiger partial charge < -0.3 is 5.32 Å². The quantitative estimate of drug-likeness (QED) is 0.881. The molecule has 2 rings (SSSR count). The highest BCUT2D eigenvalue weighted by Gasteiger charge is 2.14. The molecular formula is C12H15N3S. The van der Waals surface area contributed by atoms with Crippen LogP contribution in [0.3, 0.4) is 0 Å². The average molecular weight is 233 g/mol. The van der Waals surface area contributed by atoms with Crippen LogP contribution in [-0.4, -0.2) is 16.6 Å². The summed E-state index contributed by atoms with van der Waals surface area (Å²) in [5.74, 6) is 0. The first-order chi connectivity index (χ1) is 7.85. The topological polar surface area (TPSA) is 37.8 Å². The first-order valence-electron chi connectivity index (χ1n) is 5.38. The zero-order chi connectivity index (χ0) is 11.4. The Morgan fingerprint density at radius 1 is 1.44 bits per heavy atom. The Hall–Kier alpha value is -1.26. The van der Waals surface area contributed by atoms with Crippen LogP contribution >= 0.6 is 11.5 Å². The standard InChI is InChI=1S/C12H15N3S/c1-3-9-5-4-6-10(7-9)12(13-2)11-8-16-15-14-11/h4-8,12-13H,3H2,1-2H3. The molecule has 1 N–H and O–H groups in total. The van der Waals surface area contributed by atoms with Gasteiger partial charge in [0, 0.05) is 5.38 Å². The molecule has 0 radical (unpaired) electrons. The van der Waals surface area contributed by atoms with Crippen molar-refractivity contribution in [3.63, 3.8) is 0 Å². The van der Waals surface area contributed by atoms with Crippen molar-refractivity contribution in [3.05, 3.63) is 46.5 Å². The molecule has 0 bridgehead atoms. The third-order valence-corrected chi connectivity index (χ3v) is 3.18. The van der Waals surface area contributed by atoms with Crippen LogP contribution in [0.1, 0.15) is 29.8 Å². The molecular weight excluding hydrogens is 218 g/mol. The summed E-state index contributed by atoms with van der Waals surface area (Å²) in [4.78, 5) is 0. The van der Waals surface area contributed by atoms with Gasteiger partial charge in [-0.05, 0) is 36.1 Å². The van der Waals surface area contributed by atoms with Gasteiger partial charge in [-0.1, -0.05) is 35.7 Å². The van der Waals surface area contributed by atoms with Crippen LogP contribution in [0, 0.1) is 0 Å². The number of rotatable bonds is 4. The minimum Gasteiger partial charge on any atom is -0.308 e. The normalized spacial score (nSPS) is 12.6. The minimum absolute atomic E-state index is 0.144. The maximum Gasteiger partial charge on any atom is 0.0970 e. The molecule has 4 heteroatoms. The lowest BCUT2D eigenvalue weighted by Crippen LogP contribution is -2.18. The number of hydrogen-bond acceptors (Lipinski definition) is 4. The SMILES string of the molecule is CCc1cccc(C(NC)c2csnn2)c1. The second-order valence-electron chi connectivity index (χ2n) is 3.65. The van der Waals surface area contributed by atoms with Gasteiger partial charge in [-0.2, -0.15) is 0 Å². The molecule has 0 aliphatic heterocycles. The molecule has 0 saturated heterocycles. The second-order valence-corrected chi connectivity index (χ2v) is 4.26. The summed E-state index contributed by atoms with van der Waals surface area (Å²) in [7, 11) is 1.95. The zero-order valence-corrected chi connectivity index (χ0v) is 10.3. The van der Waals surface area contributed by atoms with Crippen LogP contribution in [0.5, 0.6) is 0 Å². The molecule has 1 aromatic heterocycles. The van der Waals surface area contributed by atoms with Crippen LogP contribution in [0.25, 0.3) is 0 Å². The van der Waals surface area contributed by atoms with Crippen LogP contribution in [-0.2, 0) is 6.42 Å². The van der Waals surface area contributed by atoms with E-state index in [1.165, 1.54) is 22.7 Å². The van der Waals surface area contributed by atoms with Crippen molar-refractivity contribution in [2.75, 3.05) is 7.05 Å². The maximum absolute atomic E-state index is 4.13. The Bertz CT molecular complexity index is 439. The molecule has 0 saturated carbocycles. The van der Waals surface area contributed by atoms with E-state index >= 15 is 0 Å². The number of benzene rings is 1. The molecule has 0 fully saturated rings. The van der Waals surface area contributed by atoms with E-state index in [2.05, 4.69) is 46.1 Å². The van der Waals surface area contributed by atoms with Crippen molar-refractivity contribution < 1.29 is 0 Å². The molecule has 84 valence electrons. The zero-order valence-electron chi connectivity index (χ0n) is 9.47. The Labute approximate surface area is 99.7 Å². The number of aromatic nitrogens is 2. The largest absolute Gasteiger partial charge is 0.308 e. The number of aryl methyl sites for hydroxylation is 1. The summed E-state index contributed by atoms with van der Waals surface area (Å²) in [5, 5.41) is 9.39. The van der Waals surface area contributed by atoms with Gasteiger partial charge in [0.05, 0.1) is 11.7 Å². The number of nitrogens with zero attached hydrogens (tertiary/aromatic N) is 2. The van der Waals surface area contributed by atoms with E-state index in [0.717, 1.165) is 12.1 Å². The van der Waals surface area contributed by atoms with Gasteiger partial charge in [0.1, 0.15) is 0 Å². The van der Waals surface area contributed by atoms with E-state index in [0.29, 0.717) is 0 Å². The van der Waals surface area contributed by atoms with Gasteiger partial charge in [-0.25, -0.2) is 0 Å². The fourth-order valence-electron chi connectivity index (χ4n) is 1.78. The van der Waals surface area contributed by atoms with Crippen LogP contribution < -0.4 is 5.32 Å². The highest BCUT2D eigenvalue weighted by atomic mass is 32.1. The summed E-state index contributed by atoms with van der Waals surface area (Å²) >= 11 is 1.39. The lowest BCUT2D eigenvalue weighted by molar-refractivity contribution is 0.667. The molecule has 0 amide bonds. The monoisotopic (exact) mass is 233 g/mol. The molecule has 1 heterocycles. The highest BCUT2D eigenvalue weighted by molar-refractivity contribution is 7.03. The summed E-state index contributed by atoms with van der Waals surface area (Å²) in [5.41, 5.74) is 3.58. The van der Waals surface area contributed by atoms with Gasteiger partial charge >= 0.3 is 0 Å². The van der Waals surface area contributed by atoms with E-state index in [1.54, 1.807) is 0 Å². The highest BCUT2D eigenvalue weighted by Crippen LogP contribution is 2.21. The Kier molecular flexibility index (Phi) is 3.64. The van der Waals surface area contributed by atoms with Gasteiger partial charge in [0.15, 0.2) is 0 Å². The van der Waals surface area contributed by atoms with E-state index in [-0.39, 0.29) is 6.04 Å². The fraction of sp³-hybridized carbons (Fsp3) is 0.333. The van der Waals surface area contributed by atoms with E-state index in [9.17, 15) is 0 Å². The van der Waals surface area contributed by atoms with Gasteiger partial charge in [-0.3, -0.25) is 0 Å². The molecule has 0 aliphatic carbocycles. The Morgan fingerprint density at radius 3 is 2.94 bits per heavy atom. The molecule has 2 aromatic rings. The summed E-state index contributed by atoms with van der Waals surface area (Å²) in [6.07, 6.45) is 1.06. The summed E-state index contributed by atoms with van der Waals surface area (Å²) < 4.78 is 3.91. The van der Waals surface area contributed by atoms with Crippen molar-refractivity contribution in [1.82, 2.24) is 14.9 Å². The molecule has 1 atom stereocenters. The lowest BCUT2D eigenvalue weighted by atomic mass is 10.0. The molecule has 1 unspecified atom stereocenters. The summed E-state index contributed by atoms with van der Waals surface area (Å²) in [6, 6.07) is 8.74. The van der Waals surface area contributed by atoms with Crippen LogP contribution in [0.2, 0.25) is 0 Å². The minimum atomic E-state index is 0.144. The van der Waals surface area contributed by atoms with Crippen LogP contribution in [0.15, 0.2) is 29.6 Å². The lowest BCUT2D eigenvalue weighted by Gasteiger charge is -2.14. The molecule has 0 aliphatic rings. The van der Waals surface area contributed by atoms with Crippen molar-refractivity contribution in [2.24, 2.45) is 0 Å². The Morgan fingerprint density at radius 2 is 2.31 bits per heavy atom. The first kappa shape index (κ1) is 11.2. The van der Waals surface area contributed by atoms with Crippen molar-refractivity contribution >= 4 is 11.5 Å². The van der Waals surface area contributed by atoms with Crippen molar-refractivity contribution in [2.45, 2.75) is 19.4 Å². The third kappa shape index (κ3) is 2.28. The number of hydrogen-bond donors (Lipinski definition) is 1. The van der Waals surface area contributed by atoms with Gasteiger partial charge in [-0.15, -0.1) is 5.10 Å². The van der Waals surface area contributed by atoms with Crippen molar-refractivity contribution in [3.8, 4) is 0 Å². The van der Waals surface area contributed by atoms with Crippen LogP contribution in [0.4, 0.5) is 0 Å². The predicted molar refractivity (Wildman–Crippen MR) is 66.6 cm³/mol. The van der Waals surface area contributed by atoms with E-state index in [1.807, 2.05) is 12.4 Å². The van der Waals surface area contributed by atoms with Crippen molar-refractivity contribution in [1.29, 1.82) is 0 Å². The molecule has 3 nitrogen and oxygen atoms in total. The van der Waals surface area contributed by atoms with Gasteiger partial charge in [0.2, 0.25) is 0 Å². The Balaban J connectivity index is 2.33. The summed E-state index contributed by atoms with van der Waals surface area (Å²) in [6.45, 7) is 2.16. The van der Waals surface area contributed by atoms with Gasteiger partial charge in [0.25, 0.3) is 0 Å². The molecule has 16 heavy (non-hydrogen) atoms. The smallest absolute Gasteiger partial charge is 0.0970 e. The maximum atomic E-state index is 4.13. The van der Waals surface area contributed by atoms with E-state index in [4.69, 9.17) is 0 Å². The third-order valence-electron chi connectivity index (χ3n) is 2.65. The number of nitrogens with one attached hydrogen (secondary N) is 1. The first-order valence-corrected chi connectivity index (χ1v) is 6.22. The molecule has 0 spiro atoms. The second kappa shape index (κ2) is 5.18. The fourth-order valence-corrected chi connectivity index (χ4v) is 2.26. The molecule has 1 aromatic carbocycles. The van der Waals surface area contributed by atoms with E-state index < -0.39 is 0 Å². The average Bonchev–Trinajstić information content (AvgIpc) is 2.84.